The number of rotatable bonds is 4. The van der Waals surface area contributed by atoms with Gasteiger partial charge in [0.2, 0.25) is 0 Å². The van der Waals surface area contributed by atoms with Gasteiger partial charge in [-0.3, -0.25) is 4.79 Å². The quantitative estimate of drug-likeness (QED) is 0.554. The zero-order valence-corrected chi connectivity index (χ0v) is 10.6. The molecule has 0 aliphatic heterocycles. The molecule has 3 heteroatoms. The number of nitrogens with zero attached hydrogens (tertiary/aromatic N) is 1. The van der Waals surface area contributed by atoms with Crippen LogP contribution in [0.15, 0.2) is 0 Å². The maximum Gasteiger partial charge on any atom is 0.303 e. The first-order chi connectivity index (χ1) is 8.10. The molecular formula is C14H21NO2. The first-order valence-corrected chi connectivity index (χ1v) is 6.66. The molecule has 3 aliphatic rings. The molecule has 3 saturated carbocycles. The fourth-order valence-electron chi connectivity index (χ4n) is 3.60. The molecule has 0 atom stereocenters. The second-order valence-corrected chi connectivity index (χ2v) is 5.79. The molecule has 0 aromatic carbocycles. The van der Waals surface area contributed by atoms with Gasteiger partial charge in [0.15, 0.2) is 0 Å². The molecule has 0 spiro atoms. The Hall–Kier alpha value is -1.04. The molecular weight excluding hydrogens is 214 g/mol. The predicted octanol–water partition coefficient (Wildman–Crippen LogP) is 3.34. The first-order valence-electron chi connectivity index (χ1n) is 6.66. The van der Waals surface area contributed by atoms with Gasteiger partial charge in [0.05, 0.1) is 6.07 Å². The lowest BCUT2D eigenvalue weighted by Crippen LogP contribution is -2.48. The summed E-state index contributed by atoms with van der Waals surface area (Å²) in [6.07, 6.45) is 9.48. The van der Waals surface area contributed by atoms with Crippen molar-refractivity contribution in [2.24, 2.45) is 5.41 Å². The van der Waals surface area contributed by atoms with Gasteiger partial charge in [-0.15, -0.1) is 0 Å². The number of carbonyl (C=O) groups is 1. The molecule has 3 nitrogen and oxygen atoms in total. The molecule has 0 amide bonds. The number of esters is 1. The highest BCUT2D eigenvalue weighted by Gasteiger charge is 2.49. The number of carbonyl (C=O) groups excluding carboxylic acids is 1. The summed E-state index contributed by atoms with van der Waals surface area (Å²) in [5.74, 6) is -0.135. The largest absolute Gasteiger partial charge is 0.459 e. The van der Waals surface area contributed by atoms with Crippen molar-refractivity contribution in [3.8, 4) is 6.07 Å². The molecule has 0 radical (unpaired) electrons. The second kappa shape index (κ2) is 4.68. The van der Waals surface area contributed by atoms with E-state index in [2.05, 4.69) is 6.07 Å². The minimum absolute atomic E-state index is 0.135. The summed E-state index contributed by atoms with van der Waals surface area (Å²) in [4.78, 5) is 11.1. The third-order valence-electron chi connectivity index (χ3n) is 4.69. The zero-order chi connectivity index (χ0) is 12.4. The predicted molar refractivity (Wildman–Crippen MR) is 64.1 cm³/mol. The number of ether oxygens (including phenoxy) is 1. The summed E-state index contributed by atoms with van der Waals surface area (Å²) in [6, 6.07) is 2.23. The van der Waals surface area contributed by atoms with Gasteiger partial charge in [0.25, 0.3) is 0 Å². The summed E-state index contributed by atoms with van der Waals surface area (Å²) in [7, 11) is 0. The van der Waals surface area contributed by atoms with Crippen LogP contribution >= 0.6 is 0 Å². The Morgan fingerprint density at radius 3 is 2.29 bits per heavy atom. The third-order valence-corrected chi connectivity index (χ3v) is 4.69. The van der Waals surface area contributed by atoms with E-state index in [1.807, 2.05) is 0 Å². The van der Waals surface area contributed by atoms with Crippen LogP contribution in [-0.2, 0) is 9.53 Å². The number of fused-ring (bicyclic) bond motifs is 3. The Labute approximate surface area is 103 Å². The number of unbranched alkanes of at least 4 members (excludes halogenated alkanes) is 1. The molecule has 2 bridgehead atoms. The number of hydrogen-bond donors (Lipinski definition) is 0. The summed E-state index contributed by atoms with van der Waals surface area (Å²) in [5.41, 5.74) is 0.321. The fourth-order valence-corrected chi connectivity index (χ4v) is 3.60. The summed E-state index contributed by atoms with van der Waals surface area (Å²) in [5, 5.41) is 8.59. The van der Waals surface area contributed by atoms with Crippen LogP contribution in [0.3, 0.4) is 0 Å². The van der Waals surface area contributed by atoms with Crippen molar-refractivity contribution < 1.29 is 9.53 Å². The lowest BCUT2D eigenvalue weighted by atomic mass is 9.57. The Morgan fingerprint density at radius 2 is 1.82 bits per heavy atom. The first kappa shape index (κ1) is 12.4. The lowest BCUT2D eigenvalue weighted by Gasteiger charge is -2.52. The SMILES string of the molecule is CC(=O)OC12CCC(CCCC#N)(CC1)CC2. The molecule has 3 rings (SSSR count). The van der Waals surface area contributed by atoms with Crippen LogP contribution in [-0.4, -0.2) is 11.6 Å². The van der Waals surface area contributed by atoms with Crippen LogP contribution in [0.5, 0.6) is 0 Å². The molecule has 0 heterocycles. The Kier molecular flexibility index (Phi) is 3.42. The minimum atomic E-state index is -0.136. The van der Waals surface area contributed by atoms with Gasteiger partial charge in [-0.1, -0.05) is 0 Å². The minimum Gasteiger partial charge on any atom is -0.459 e. The van der Waals surface area contributed by atoms with E-state index in [0.717, 1.165) is 25.7 Å². The highest BCUT2D eigenvalue weighted by atomic mass is 16.6. The maximum absolute atomic E-state index is 11.1. The monoisotopic (exact) mass is 235 g/mol. The normalized spacial score (nSPS) is 35.3. The lowest BCUT2D eigenvalue weighted by molar-refractivity contribution is -0.175. The molecule has 0 saturated heterocycles. The van der Waals surface area contributed by atoms with Crippen molar-refractivity contribution in [3.63, 3.8) is 0 Å². The van der Waals surface area contributed by atoms with Crippen molar-refractivity contribution in [3.05, 3.63) is 0 Å². The topological polar surface area (TPSA) is 50.1 Å². The van der Waals surface area contributed by atoms with E-state index >= 15 is 0 Å². The summed E-state index contributed by atoms with van der Waals surface area (Å²) < 4.78 is 5.55. The standard InChI is InChI=1S/C14H21NO2/c1-12(16)17-14-8-5-13(6-9-14,7-10-14)4-2-3-11-15/h2-10H2,1H3. The molecule has 0 aromatic rings. The van der Waals surface area contributed by atoms with Crippen LogP contribution in [0.2, 0.25) is 0 Å². The molecule has 0 aromatic heterocycles. The van der Waals surface area contributed by atoms with Crippen LogP contribution < -0.4 is 0 Å². The maximum atomic E-state index is 11.1. The van der Waals surface area contributed by atoms with Gasteiger partial charge < -0.3 is 4.74 Å². The van der Waals surface area contributed by atoms with E-state index in [1.54, 1.807) is 0 Å². The van der Waals surface area contributed by atoms with Gasteiger partial charge in [-0.05, 0) is 56.8 Å². The Bertz CT molecular complexity index is 318. The van der Waals surface area contributed by atoms with Crippen molar-refractivity contribution in [1.82, 2.24) is 0 Å². The number of nitriles is 1. The van der Waals surface area contributed by atoms with Crippen LogP contribution in [0.1, 0.15) is 64.7 Å². The van der Waals surface area contributed by atoms with E-state index in [9.17, 15) is 4.79 Å². The van der Waals surface area contributed by atoms with E-state index < -0.39 is 0 Å². The van der Waals surface area contributed by atoms with E-state index in [-0.39, 0.29) is 11.6 Å². The van der Waals surface area contributed by atoms with Gasteiger partial charge >= 0.3 is 5.97 Å². The zero-order valence-electron chi connectivity index (χ0n) is 10.6. The van der Waals surface area contributed by atoms with Crippen LogP contribution in [0.25, 0.3) is 0 Å². The van der Waals surface area contributed by atoms with Crippen LogP contribution in [0, 0.1) is 16.7 Å². The Balaban J connectivity index is 1.90. The fraction of sp³-hybridized carbons (Fsp3) is 0.857. The molecule has 3 aliphatic carbocycles. The van der Waals surface area contributed by atoms with Crippen molar-refractivity contribution in [2.45, 2.75) is 70.3 Å². The van der Waals surface area contributed by atoms with Gasteiger partial charge in [-0.2, -0.15) is 5.26 Å². The molecule has 3 fully saturated rings. The molecule has 94 valence electrons. The van der Waals surface area contributed by atoms with E-state index in [1.165, 1.54) is 32.6 Å². The molecule has 0 unspecified atom stereocenters. The molecule has 0 N–H and O–H groups in total. The van der Waals surface area contributed by atoms with Crippen molar-refractivity contribution in [1.29, 1.82) is 5.26 Å². The van der Waals surface area contributed by atoms with E-state index in [0.29, 0.717) is 11.8 Å². The summed E-state index contributed by atoms with van der Waals surface area (Å²) >= 11 is 0. The van der Waals surface area contributed by atoms with Gasteiger partial charge in [0.1, 0.15) is 5.60 Å². The summed E-state index contributed by atoms with van der Waals surface area (Å²) in [6.45, 7) is 1.51. The highest BCUT2D eigenvalue weighted by molar-refractivity contribution is 5.66. The van der Waals surface area contributed by atoms with Gasteiger partial charge in [-0.25, -0.2) is 0 Å². The Morgan fingerprint density at radius 1 is 1.24 bits per heavy atom. The number of hydrogen-bond acceptors (Lipinski definition) is 3. The third kappa shape index (κ3) is 2.62. The average molecular weight is 235 g/mol. The smallest absolute Gasteiger partial charge is 0.303 e. The van der Waals surface area contributed by atoms with Crippen molar-refractivity contribution >= 4 is 5.97 Å². The average Bonchev–Trinajstić information content (AvgIpc) is 2.31. The van der Waals surface area contributed by atoms with Gasteiger partial charge in [0, 0.05) is 13.3 Å². The van der Waals surface area contributed by atoms with Crippen LogP contribution in [0.4, 0.5) is 0 Å². The second-order valence-electron chi connectivity index (χ2n) is 5.79. The molecule has 17 heavy (non-hydrogen) atoms. The highest BCUT2D eigenvalue weighted by Crippen LogP contribution is 2.56. The van der Waals surface area contributed by atoms with E-state index in [4.69, 9.17) is 10.00 Å². The van der Waals surface area contributed by atoms with Crippen molar-refractivity contribution in [2.75, 3.05) is 0 Å².